The van der Waals surface area contributed by atoms with Gasteiger partial charge in [-0.2, -0.15) is 0 Å². The maximum atomic E-state index is 12.4. The van der Waals surface area contributed by atoms with E-state index in [1.54, 1.807) is 31.4 Å². The third kappa shape index (κ3) is 4.84. The van der Waals surface area contributed by atoms with Gasteiger partial charge in [-0.25, -0.2) is 13.1 Å². The van der Waals surface area contributed by atoms with Crippen LogP contribution in [0.15, 0.2) is 29.2 Å². The summed E-state index contributed by atoms with van der Waals surface area (Å²) in [7, 11) is -1.98. The summed E-state index contributed by atoms with van der Waals surface area (Å²) >= 11 is 0. The number of methoxy groups -OCH3 is 1. The van der Waals surface area contributed by atoms with Crippen molar-refractivity contribution in [3.63, 3.8) is 0 Å². The van der Waals surface area contributed by atoms with Gasteiger partial charge in [-0.15, -0.1) is 12.4 Å². The van der Waals surface area contributed by atoms with Crippen LogP contribution in [0.1, 0.15) is 32.1 Å². The Hall–Kier alpha value is -0.820. The molecule has 0 heterocycles. The molecule has 2 rings (SSSR count). The van der Waals surface area contributed by atoms with Crippen molar-refractivity contribution in [2.75, 3.05) is 13.7 Å². The number of nitrogens with two attached hydrogens (primary N) is 1. The average Bonchev–Trinajstić information content (AvgIpc) is 2.53. The Morgan fingerprint density at radius 2 is 1.82 bits per heavy atom. The summed E-state index contributed by atoms with van der Waals surface area (Å²) in [6.07, 6.45) is 5.65. The molecule has 1 unspecified atom stereocenters. The fraction of sp³-hybridized carbons (Fsp3) is 0.600. The molecular formula is C15H25ClN2O3S. The van der Waals surface area contributed by atoms with Crippen molar-refractivity contribution < 1.29 is 13.2 Å². The minimum Gasteiger partial charge on any atom is -0.497 e. The van der Waals surface area contributed by atoms with E-state index in [2.05, 4.69) is 4.72 Å². The lowest BCUT2D eigenvalue weighted by atomic mass is 9.84. The Balaban J connectivity index is 0.00000242. The molecule has 0 amide bonds. The van der Waals surface area contributed by atoms with Crippen molar-refractivity contribution in [2.24, 2.45) is 11.7 Å². The molecule has 5 nitrogen and oxygen atoms in total. The summed E-state index contributed by atoms with van der Waals surface area (Å²) in [6.45, 7) is 0.333. The summed E-state index contributed by atoms with van der Waals surface area (Å²) in [5.41, 5.74) is 5.79. The van der Waals surface area contributed by atoms with Gasteiger partial charge < -0.3 is 10.5 Å². The van der Waals surface area contributed by atoms with Gasteiger partial charge in [0, 0.05) is 12.6 Å². The highest BCUT2D eigenvalue weighted by atomic mass is 35.5. The van der Waals surface area contributed by atoms with E-state index in [0.29, 0.717) is 18.2 Å². The Morgan fingerprint density at radius 3 is 2.32 bits per heavy atom. The number of ether oxygens (including phenoxy) is 1. The topological polar surface area (TPSA) is 81.4 Å². The molecule has 0 saturated heterocycles. The normalized spacial score (nSPS) is 17.5. The molecule has 7 heteroatoms. The first kappa shape index (κ1) is 19.2. The van der Waals surface area contributed by atoms with Crippen LogP contribution in [-0.2, 0) is 10.0 Å². The fourth-order valence-corrected chi connectivity index (χ4v) is 4.21. The van der Waals surface area contributed by atoms with Crippen molar-refractivity contribution >= 4 is 22.4 Å². The molecule has 0 aromatic heterocycles. The summed E-state index contributed by atoms with van der Waals surface area (Å²) < 4.78 is 32.7. The molecule has 1 fully saturated rings. The highest BCUT2D eigenvalue weighted by molar-refractivity contribution is 7.89. The van der Waals surface area contributed by atoms with Crippen molar-refractivity contribution in [1.29, 1.82) is 0 Å². The van der Waals surface area contributed by atoms with E-state index in [-0.39, 0.29) is 23.3 Å². The first-order valence-electron chi connectivity index (χ1n) is 7.43. The predicted molar refractivity (Wildman–Crippen MR) is 90.0 cm³/mol. The van der Waals surface area contributed by atoms with Crippen LogP contribution in [0.4, 0.5) is 0 Å². The Bertz CT molecular complexity index is 542. The first-order chi connectivity index (χ1) is 10.1. The van der Waals surface area contributed by atoms with Crippen LogP contribution in [0, 0.1) is 5.92 Å². The summed E-state index contributed by atoms with van der Waals surface area (Å²) in [5.74, 6) is 0.980. The molecule has 1 atom stereocenters. The molecule has 126 valence electrons. The van der Waals surface area contributed by atoms with E-state index in [4.69, 9.17) is 10.5 Å². The number of rotatable bonds is 6. The van der Waals surface area contributed by atoms with Crippen LogP contribution >= 0.6 is 12.4 Å². The van der Waals surface area contributed by atoms with E-state index in [1.165, 1.54) is 6.42 Å². The second-order valence-corrected chi connectivity index (χ2v) is 7.25. The lowest BCUT2D eigenvalue weighted by Crippen LogP contribution is -2.45. The van der Waals surface area contributed by atoms with Crippen molar-refractivity contribution in [2.45, 2.75) is 43.0 Å². The highest BCUT2D eigenvalue weighted by Gasteiger charge is 2.27. The number of hydrogen-bond donors (Lipinski definition) is 2. The number of benzene rings is 1. The fourth-order valence-electron chi connectivity index (χ4n) is 2.90. The largest absolute Gasteiger partial charge is 0.497 e. The number of sulfonamides is 1. The molecule has 0 spiro atoms. The van der Waals surface area contributed by atoms with Crippen LogP contribution in [-0.4, -0.2) is 28.1 Å². The Labute approximate surface area is 139 Å². The monoisotopic (exact) mass is 348 g/mol. The lowest BCUT2D eigenvalue weighted by molar-refractivity contribution is 0.294. The van der Waals surface area contributed by atoms with Crippen molar-refractivity contribution in [3.05, 3.63) is 24.3 Å². The molecule has 1 aliphatic rings. The van der Waals surface area contributed by atoms with E-state index >= 15 is 0 Å². The molecular weight excluding hydrogens is 324 g/mol. The molecule has 1 aromatic rings. The van der Waals surface area contributed by atoms with Gasteiger partial charge in [0.05, 0.1) is 12.0 Å². The highest BCUT2D eigenvalue weighted by Crippen LogP contribution is 2.27. The van der Waals surface area contributed by atoms with Gasteiger partial charge in [-0.3, -0.25) is 0 Å². The van der Waals surface area contributed by atoms with Crippen LogP contribution in [0.2, 0.25) is 0 Å². The van der Waals surface area contributed by atoms with Crippen LogP contribution in [0.5, 0.6) is 5.75 Å². The molecule has 0 aliphatic heterocycles. The standard InChI is InChI=1S/C15H24N2O3S.ClH/c1-20-13-7-9-14(10-8-13)21(18,19)17-15(11-16)12-5-3-2-4-6-12;/h7-10,12,15,17H,2-6,11,16H2,1H3;1H. The number of nitrogens with one attached hydrogen (secondary N) is 1. The first-order valence-corrected chi connectivity index (χ1v) is 8.91. The molecule has 1 saturated carbocycles. The maximum absolute atomic E-state index is 12.4. The van der Waals surface area contributed by atoms with Gasteiger partial charge in [-0.05, 0) is 43.0 Å². The minimum atomic E-state index is -3.53. The summed E-state index contributed by atoms with van der Waals surface area (Å²) in [5, 5.41) is 0. The van der Waals surface area contributed by atoms with E-state index in [0.717, 1.165) is 25.7 Å². The van der Waals surface area contributed by atoms with E-state index in [9.17, 15) is 8.42 Å². The average molecular weight is 349 g/mol. The smallest absolute Gasteiger partial charge is 0.240 e. The Morgan fingerprint density at radius 1 is 1.23 bits per heavy atom. The second kappa shape index (κ2) is 8.72. The number of hydrogen-bond acceptors (Lipinski definition) is 4. The molecule has 3 N–H and O–H groups in total. The predicted octanol–water partition coefficient (Wildman–Crippen LogP) is 2.30. The SMILES string of the molecule is COc1ccc(S(=O)(=O)NC(CN)C2CCCCC2)cc1.Cl. The van der Waals surface area contributed by atoms with Gasteiger partial charge in [0.2, 0.25) is 10.0 Å². The van der Waals surface area contributed by atoms with Gasteiger partial charge in [-0.1, -0.05) is 19.3 Å². The van der Waals surface area contributed by atoms with Gasteiger partial charge >= 0.3 is 0 Å². The maximum Gasteiger partial charge on any atom is 0.240 e. The van der Waals surface area contributed by atoms with Gasteiger partial charge in [0.25, 0.3) is 0 Å². The minimum absolute atomic E-state index is 0. The quantitative estimate of drug-likeness (QED) is 0.826. The zero-order valence-electron chi connectivity index (χ0n) is 12.8. The zero-order valence-corrected chi connectivity index (χ0v) is 14.5. The van der Waals surface area contributed by atoms with Crippen LogP contribution < -0.4 is 15.2 Å². The van der Waals surface area contributed by atoms with Crippen molar-refractivity contribution in [3.8, 4) is 5.75 Å². The molecule has 0 radical (unpaired) electrons. The lowest BCUT2D eigenvalue weighted by Gasteiger charge is -2.29. The van der Waals surface area contributed by atoms with Crippen molar-refractivity contribution in [1.82, 2.24) is 4.72 Å². The summed E-state index contributed by atoms with van der Waals surface area (Å²) in [4.78, 5) is 0.248. The third-order valence-electron chi connectivity index (χ3n) is 4.15. The zero-order chi connectivity index (χ0) is 15.3. The summed E-state index contributed by atoms with van der Waals surface area (Å²) in [6, 6.07) is 6.21. The van der Waals surface area contributed by atoms with Crippen LogP contribution in [0.3, 0.4) is 0 Å². The van der Waals surface area contributed by atoms with E-state index in [1.807, 2.05) is 0 Å². The van der Waals surface area contributed by atoms with E-state index < -0.39 is 10.0 Å². The second-order valence-electron chi connectivity index (χ2n) is 5.54. The number of halogens is 1. The van der Waals surface area contributed by atoms with Crippen LogP contribution in [0.25, 0.3) is 0 Å². The molecule has 1 aliphatic carbocycles. The molecule has 22 heavy (non-hydrogen) atoms. The Kier molecular flexibility index (Phi) is 7.62. The third-order valence-corrected chi connectivity index (χ3v) is 5.65. The molecule has 0 bridgehead atoms. The van der Waals surface area contributed by atoms with Gasteiger partial charge in [0.15, 0.2) is 0 Å². The molecule has 1 aromatic carbocycles. The van der Waals surface area contributed by atoms with Gasteiger partial charge in [0.1, 0.15) is 5.75 Å².